The molecule has 26 heavy (non-hydrogen) atoms. The molecule has 1 heterocycles. The zero-order valence-corrected chi connectivity index (χ0v) is 15.2. The number of carbonyl (C=O) groups is 1. The largest absolute Gasteiger partial charge is 0.462 e. The molecule has 132 valence electrons. The second-order valence-electron chi connectivity index (χ2n) is 6.58. The van der Waals surface area contributed by atoms with Crippen LogP contribution in [0.25, 0.3) is 10.9 Å². The molecule has 0 radical (unpaired) electrons. The van der Waals surface area contributed by atoms with Crippen molar-refractivity contribution in [3.63, 3.8) is 0 Å². The second-order valence-corrected chi connectivity index (χ2v) is 6.58. The maximum absolute atomic E-state index is 11.9. The molecule has 4 heteroatoms. The van der Waals surface area contributed by atoms with Gasteiger partial charge in [0, 0.05) is 23.8 Å². The molecule has 0 unspecified atom stereocenters. The Morgan fingerprint density at radius 3 is 2.65 bits per heavy atom. The van der Waals surface area contributed by atoms with Crippen molar-refractivity contribution in [2.45, 2.75) is 26.2 Å². The third kappa shape index (κ3) is 2.81. The minimum atomic E-state index is -0.281. The normalized spacial score (nSPS) is 12.8. The van der Waals surface area contributed by atoms with Crippen molar-refractivity contribution in [3.8, 4) is 0 Å². The number of aryl methyl sites for hydroxylation is 1. The van der Waals surface area contributed by atoms with Crippen LogP contribution in [0.4, 0.5) is 11.4 Å². The summed E-state index contributed by atoms with van der Waals surface area (Å²) in [6.07, 6.45) is 3.26. The van der Waals surface area contributed by atoms with E-state index < -0.39 is 0 Å². The number of ether oxygens (including phenoxy) is 1. The van der Waals surface area contributed by atoms with Gasteiger partial charge in [-0.2, -0.15) is 0 Å². The zero-order valence-electron chi connectivity index (χ0n) is 15.2. The van der Waals surface area contributed by atoms with E-state index in [4.69, 9.17) is 9.72 Å². The van der Waals surface area contributed by atoms with Crippen molar-refractivity contribution in [3.05, 3.63) is 65.4 Å². The van der Waals surface area contributed by atoms with Crippen molar-refractivity contribution >= 4 is 28.2 Å². The average Bonchev–Trinajstić information content (AvgIpc) is 3.14. The monoisotopic (exact) mass is 346 g/mol. The van der Waals surface area contributed by atoms with Gasteiger partial charge in [0.2, 0.25) is 0 Å². The van der Waals surface area contributed by atoms with E-state index in [1.807, 2.05) is 37.3 Å². The molecule has 0 bridgehead atoms. The van der Waals surface area contributed by atoms with E-state index >= 15 is 0 Å². The molecule has 2 aromatic carbocycles. The first-order valence-corrected chi connectivity index (χ1v) is 9.10. The Kier molecular flexibility index (Phi) is 4.33. The van der Waals surface area contributed by atoms with Crippen LogP contribution >= 0.6 is 0 Å². The highest BCUT2D eigenvalue weighted by molar-refractivity contribution is 5.96. The third-order valence-corrected chi connectivity index (χ3v) is 4.99. The number of para-hydroxylation sites is 1. The molecule has 3 aromatic rings. The van der Waals surface area contributed by atoms with Crippen LogP contribution < -0.4 is 4.90 Å². The van der Waals surface area contributed by atoms with Crippen LogP contribution in [0.3, 0.4) is 0 Å². The predicted molar refractivity (Wildman–Crippen MR) is 104 cm³/mol. The maximum atomic E-state index is 11.9. The van der Waals surface area contributed by atoms with Gasteiger partial charge < -0.3 is 9.64 Å². The maximum Gasteiger partial charge on any atom is 0.338 e. The first-order valence-electron chi connectivity index (χ1n) is 9.10. The molecule has 0 spiro atoms. The summed E-state index contributed by atoms with van der Waals surface area (Å²) in [6, 6.07) is 15.9. The van der Waals surface area contributed by atoms with Crippen molar-refractivity contribution in [1.29, 1.82) is 0 Å². The number of anilines is 2. The zero-order chi connectivity index (χ0) is 18.1. The summed E-state index contributed by atoms with van der Waals surface area (Å²) in [4.78, 5) is 19.0. The summed E-state index contributed by atoms with van der Waals surface area (Å²) in [7, 11) is 2.08. The molecule has 0 saturated carbocycles. The lowest BCUT2D eigenvalue weighted by molar-refractivity contribution is 0.0526. The first-order chi connectivity index (χ1) is 12.7. The Bertz CT molecular complexity index is 964. The van der Waals surface area contributed by atoms with Crippen molar-refractivity contribution < 1.29 is 9.53 Å². The van der Waals surface area contributed by atoms with Gasteiger partial charge in [-0.1, -0.05) is 18.2 Å². The summed E-state index contributed by atoms with van der Waals surface area (Å²) >= 11 is 0. The first kappa shape index (κ1) is 16.6. The molecule has 4 nitrogen and oxygen atoms in total. The van der Waals surface area contributed by atoms with Crippen LogP contribution in [-0.2, 0) is 17.6 Å². The van der Waals surface area contributed by atoms with Gasteiger partial charge in [0.1, 0.15) is 0 Å². The Balaban J connectivity index is 1.77. The third-order valence-electron chi connectivity index (χ3n) is 4.99. The molecule has 4 rings (SSSR count). The van der Waals surface area contributed by atoms with E-state index in [0.717, 1.165) is 30.5 Å². The average molecular weight is 346 g/mol. The number of esters is 1. The Morgan fingerprint density at radius 1 is 1.12 bits per heavy atom. The lowest BCUT2D eigenvalue weighted by Gasteiger charge is -2.24. The number of benzene rings is 2. The molecule has 0 atom stereocenters. The highest BCUT2D eigenvalue weighted by Gasteiger charge is 2.22. The summed E-state index contributed by atoms with van der Waals surface area (Å²) < 4.78 is 5.07. The molecular formula is C22H22N2O2. The van der Waals surface area contributed by atoms with Crippen LogP contribution in [0.5, 0.6) is 0 Å². The second kappa shape index (κ2) is 6.79. The van der Waals surface area contributed by atoms with E-state index in [-0.39, 0.29) is 5.97 Å². The van der Waals surface area contributed by atoms with Crippen LogP contribution in [0, 0.1) is 0 Å². The molecule has 0 saturated heterocycles. The highest BCUT2D eigenvalue weighted by Crippen LogP contribution is 2.38. The topological polar surface area (TPSA) is 42.4 Å². The molecule has 0 aliphatic heterocycles. The minimum absolute atomic E-state index is 0.281. The number of carbonyl (C=O) groups excluding carboxylic acids is 1. The number of nitrogens with zero attached hydrogens (tertiary/aromatic N) is 2. The van der Waals surface area contributed by atoms with Crippen LogP contribution in [0.2, 0.25) is 0 Å². The number of rotatable bonds is 4. The Labute approximate surface area is 153 Å². The van der Waals surface area contributed by atoms with Gasteiger partial charge in [0.25, 0.3) is 0 Å². The van der Waals surface area contributed by atoms with E-state index in [0.29, 0.717) is 12.2 Å². The van der Waals surface area contributed by atoms with Gasteiger partial charge >= 0.3 is 5.97 Å². The van der Waals surface area contributed by atoms with Crippen molar-refractivity contribution in [2.75, 3.05) is 18.6 Å². The Hall–Kier alpha value is -2.88. The standard InChI is InChI=1S/C22H22N2O2/c1-3-26-22(25)15-11-13-16(14-12-15)24(2)21-17-7-4-5-9-19(17)23-20-10-6-8-18(20)21/h4-5,7,9,11-14H,3,6,8,10H2,1-2H3. The number of pyridine rings is 1. The van der Waals surface area contributed by atoms with Crippen LogP contribution in [0.1, 0.15) is 35.0 Å². The van der Waals surface area contributed by atoms with Gasteiger partial charge in [-0.25, -0.2) is 4.79 Å². The number of hydrogen-bond acceptors (Lipinski definition) is 4. The van der Waals surface area contributed by atoms with Gasteiger partial charge in [0.15, 0.2) is 0 Å². The lowest BCUT2D eigenvalue weighted by Crippen LogP contribution is -2.13. The SMILES string of the molecule is CCOC(=O)c1ccc(N(C)c2c3c(nc4ccccc24)CCC3)cc1. The Morgan fingerprint density at radius 2 is 1.88 bits per heavy atom. The van der Waals surface area contributed by atoms with Gasteiger partial charge in [0.05, 0.1) is 23.4 Å². The van der Waals surface area contributed by atoms with Crippen molar-refractivity contribution in [2.24, 2.45) is 0 Å². The van der Waals surface area contributed by atoms with Gasteiger partial charge in [-0.05, 0) is 62.1 Å². The smallest absolute Gasteiger partial charge is 0.338 e. The van der Waals surface area contributed by atoms with Gasteiger partial charge in [-0.3, -0.25) is 4.98 Å². The van der Waals surface area contributed by atoms with E-state index in [9.17, 15) is 4.79 Å². The van der Waals surface area contributed by atoms with Crippen LogP contribution in [-0.4, -0.2) is 24.6 Å². The fourth-order valence-electron chi connectivity index (χ4n) is 3.73. The molecule has 1 aromatic heterocycles. The number of fused-ring (bicyclic) bond motifs is 2. The fourth-order valence-corrected chi connectivity index (χ4v) is 3.73. The minimum Gasteiger partial charge on any atom is -0.462 e. The summed E-state index contributed by atoms with van der Waals surface area (Å²) in [6.45, 7) is 2.20. The number of aromatic nitrogens is 1. The summed E-state index contributed by atoms with van der Waals surface area (Å²) in [5.74, 6) is -0.281. The van der Waals surface area contributed by atoms with Crippen LogP contribution in [0.15, 0.2) is 48.5 Å². The summed E-state index contributed by atoms with van der Waals surface area (Å²) in [5, 5.41) is 1.17. The highest BCUT2D eigenvalue weighted by atomic mass is 16.5. The molecule has 1 aliphatic rings. The van der Waals surface area contributed by atoms with E-state index in [1.165, 1.54) is 22.3 Å². The van der Waals surface area contributed by atoms with E-state index in [2.05, 4.69) is 30.1 Å². The quantitative estimate of drug-likeness (QED) is 0.644. The fraction of sp³-hybridized carbons (Fsp3) is 0.273. The lowest BCUT2D eigenvalue weighted by atomic mass is 10.0. The molecule has 1 aliphatic carbocycles. The van der Waals surface area contributed by atoms with E-state index in [1.54, 1.807) is 0 Å². The molecular weight excluding hydrogens is 324 g/mol. The van der Waals surface area contributed by atoms with Gasteiger partial charge in [-0.15, -0.1) is 0 Å². The molecule has 0 N–H and O–H groups in total. The van der Waals surface area contributed by atoms with Crippen molar-refractivity contribution in [1.82, 2.24) is 4.98 Å². The summed E-state index contributed by atoms with van der Waals surface area (Å²) in [5.41, 5.74) is 6.46. The molecule has 0 fully saturated rings. The molecule has 0 amide bonds. The predicted octanol–water partition coefficient (Wildman–Crippen LogP) is 4.67. The number of hydrogen-bond donors (Lipinski definition) is 0.